The molecule has 8 aromatic carbocycles. The van der Waals surface area contributed by atoms with Crippen LogP contribution in [0.25, 0.3) is 69.6 Å². The summed E-state index contributed by atoms with van der Waals surface area (Å²) in [5.41, 5.74) is 9.55. The number of benzene rings is 8. The molecule has 2 aromatic heterocycles. The maximum absolute atomic E-state index is 2.44. The largest absolute Gasteiger partial charge is 0.310 e. The first kappa shape index (κ1) is 27.9. The van der Waals surface area contributed by atoms with Gasteiger partial charge in [0.2, 0.25) is 0 Å². The van der Waals surface area contributed by atoms with E-state index in [1.807, 2.05) is 11.3 Å². The molecule has 0 N–H and O–H groups in total. The van der Waals surface area contributed by atoms with Crippen LogP contribution < -0.4 is 4.90 Å². The van der Waals surface area contributed by atoms with Gasteiger partial charge in [-0.15, -0.1) is 11.3 Å². The molecule has 0 aliphatic carbocycles. The third-order valence-corrected chi connectivity index (χ3v) is 11.0. The van der Waals surface area contributed by atoms with Gasteiger partial charge in [-0.3, -0.25) is 0 Å². The third-order valence-electron chi connectivity index (χ3n) is 9.78. The molecular formula is C46H30N2S. The summed E-state index contributed by atoms with van der Waals surface area (Å²) in [6, 6.07) is 66.0. The van der Waals surface area contributed by atoms with Gasteiger partial charge in [0.25, 0.3) is 0 Å². The monoisotopic (exact) mass is 642 g/mol. The molecule has 0 radical (unpaired) electrons. The van der Waals surface area contributed by atoms with E-state index in [4.69, 9.17) is 0 Å². The van der Waals surface area contributed by atoms with E-state index in [0.29, 0.717) is 0 Å². The summed E-state index contributed by atoms with van der Waals surface area (Å²) in [4.78, 5) is 2.37. The first-order valence-corrected chi connectivity index (χ1v) is 17.5. The van der Waals surface area contributed by atoms with Crippen molar-refractivity contribution >= 4 is 81.1 Å². The Morgan fingerprint density at radius 1 is 0.408 bits per heavy atom. The van der Waals surface area contributed by atoms with Crippen molar-refractivity contribution in [1.82, 2.24) is 4.57 Å². The van der Waals surface area contributed by atoms with E-state index in [9.17, 15) is 0 Å². The van der Waals surface area contributed by atoms with Crippen molar-refractivity contribution in [3.63, 3.8) is 0 Å². The molecule has 0 bridgehead atoms. The van der Waals surface area contributed by atoms with Crippen LogP contribution in [-0.4, -0.2) is 4.57 Å². The lowest BCUT2D eigenvalue weighted by Gasteiger charge is -2.25. The molecule has 2 heterocycles. The summed E-state index contributed by atoms with van der Waals surface area (Å²) in [7, 11) is 0. The molecule has 3 heteroatoms. The Labute approximate surface area is 288 Å². The number of para-hydroxylation sites is 3. The van der Waals surface area contributed by atoms with E-state index >= 15 is 0 Å². The lowest BCUT2D eigenvalue weighted by molar-refractivity contribution is 1.20. The van der Waals surface area contributed by atoms with Crippen molar-refractivity contribution in [3.05, 3.63) is 182 Å². The fraction of sp³-hybridized carbons (Fsp3) is 0. The highest BCUT2D eigenvalue weighted by molar-refractivity contribution is 7.26. The Bertz CT molecular complexity index is 2770. The second kappa shape index (κ2) is 11.2. The highest BCUT2D eigenvalue weighted by Crippen LogP contribution is 2.44. The average molecular weight is 643 g/mol. The van der Waals surface area contributed by atoms with Crippen LogP contribution >= 0.6 is 11.3 Å². The topological polar surface area (TPSA) is 8.17 Å². The number of aromatic nitrogens is 1. The molecule has 0 saturated carbocycles. The molecule has 0 atom stereocenters. The number of hydrogen-bond acceptors (Lipinski definition) is 2. The molecule has 230 valence electrons. The number of hydrogen-bond donors (Lipinski definition) is 0. The normalized spacial score (nSPS) is 11.7. The van der Waals surface area contributed by atoms with Gasteiger partial charge in [0, 0.05) is 43.3 Å². The minimum atomic E-state index is 1.13. The van der Waals surface area contributed by atoms with Gasteiger partial charge in [0.15, 0.2) is 0 Å². The highest BCUT2D eigenvalue weighted by atomic mass is 32.1. The number of rotatable bonds is 5. The standard InChI is InChI=1S/C46H30N2S/c1-2-14-33(15-3-1)47(34-26-24-32(25-27-34)37-19-10-13-31-12-4-5-16-36(31)37)35-28-29-40-41-20-11-23-44(46(41)49-45(40)30-35)48-42-21-8-6-17-38(42)39-18-7-9-22-43(39)48/h1-30H. The van der Waals surface area contributed by atoms with Gasteiger partial charge in [-0.05, 0) is 76.5 Å². The van der Waals surface area contributed by atoms with Crippen LogP contribution in [0.2, 0.25) is 0 Å². The van der Waals surface area contributed by atoms with Crippen molar-refractivity contribution in [3.8, 4) is 16.8 Å². The predicted molar refractivity (Wildman–Crippen MR) is 211 cm³/mol. The Hall–Kier alpha value is -6.16. The van der Waals surface area contributed by atoms with Gasteiger partial charge >= 0.3 is 0 Å². The van der Waals surface area contributed by atoms with E-state index < -0.39 is 0 Å². The summed E-state index contributed by atoms with van der Waals surface area (Å²) in [6.07, 6.45) is 0. The molecule has 0 spiro atoms. The number of thiophene rings is 1. The molecule has 0 saturated heterocycles. The average Bonchev–Trinajstić information content (AvgIpc) is 3.71. The van der Waals surface area contributed by atoms with E-state index in [1.165, 1.54) is 69.6 Å². The summed E-state index contributed by atoms with van der Waals surface area (Å²) in [5.74, 6) is 0. The molecule has 0 aliphatic rings. The summed E-state index contributed by atoms with van der Waals surface area (Å²) < 4.78 is 5.01. The SMILES string of the molecule is c1ccc(N(c2ccc(-c3cccc4ccccc34)cc2)c2ccc3c(c2)sc2c(-n4c5ccccc5c5ccccc54)cccc23)cc1. The smallest absolute Gasteiger partial charge is 0.0640 e. The van der Waals surface area contributed by atoms with Crippen LogP contribution in [0.4, 0.5) is 17.1 Å². The number of anilines is 3. The first-order valence-electron chi connectivity index (χ1n) is 16.7. The maximum Gasteiger partial charge on any atom is 0.0640 e. The van der Waals surface area contributed by atoms with Crippen LogP contribution in [-0.2, 0) is 0 Å². The molecule has 0 unspecified atom stereocenters. The molecule has 49 heavy (non-hydrogen) atoms. The molecule has 0 amide bonds. The van der Waals surface area contributed by atoms with E-state index in [0.717, 1.165) is 17.1 Å². The van der Waals surface area contributed by atoms with Crippen molar-refractivity contribution < 1.29 is 0 Å². The Morgan fingerprint density at radius 3 is 1.78 bits per heavy atom. The molecular weight excluding hydrogens is 613 g/mol. The molecule has 2 nitrogen and oxygen atoms in total. The van der Waals surface area contributed by atoms with Gasteiger partial charge in [0.05, 0.1) is 21.4 Å². The van der Waals surface area contributed by atoms with Crippen molar-refractivity contribution in [2.45, 2.75) is 0 Å². The molecule has 10 rings (SSSR count). The van der Waals surface area contributed by atoms with Gasteiger partial charge < -0.3 is 9.47 Å². The first-order chi connectivity index (χ1) is 24.3. The zero-order chi connectivity index (χ0) is 32.3. The zero-order valence-electron chi connectivity index (χ0n) is 26.6. The van der Waals surface area contributed by atoms with E-state index in [1.54, 1.807) is 0 Å². The van der Waals surface area contributed by atoms with Crippen LogP contribution in [0, 0.1) is 0 Å². The van der Waals surface area contributed by atoms with Crippen molar-refractivity contribution in [1.29, 1.82) is 0 Å². The van der Waals surface area contributed by atoms with Gasteiger partial charge in [0.1, 0.15) is 0 Å². The number of nitrogens with zero attached hydrogens (tertiary/aromatic N) is 2. The fourth-order valence-electron chi connectivity index (χ4n) is 7.56. The summed E-state index contributed by atoms with van der Waals surface area (Å²) in [5, 5.41) is 7.66. The van der Waals surface area contributed by atoms with Gasteiger partial charge in [-0.2, -0.15) is 0 Å². The molecule has 0 fully saturated rings. The lowest BCUT2D eigenvalue weighted by atomic mass is 9.98. The zero-order valence-corrected chi connectivity index (χ0v) is 27.4. The second-order valence-electron chi connectivity index (χ2n) is 12.6. The quantitative estimate of drug-likeness (QED) is 0.181. The fourth-order valence-corrected chi connectivity index (χ4v) is 8.80. The minimum Gasteiger partial charge on any atom is -0.310 e. The Balaban J connectivity index is 1.12. The van der Waals surface area contributed by atoms with Crippen molar-refractivity contribution in [2.24, 2.45) is 0 Å². The van der Waals surface area contributed by atoms with Gasteiger partial charge in [-0.1, -0.05) is 127 Å². The summed E-state index contributed by atoms with van der Waals surface area (Å²) >= 11 is 1.88. The van der Waals surface area contributed by atoms with Crippen LogP contribution in [0.5, 0.6) is 0 Å². The van der Waals surface area contributed by atoms with E-state index in [-0.39, 0.29) is 0 Å². The highest BCUT2D eigenvalue weighted by Gasteiger charge is 2.18. The summed E-state index contributed by atoms with van der Waals surface area (Å²) in [6.45, 7) is 0. The maximum atomic E-state index is 2.44. The van der Waals surface area contributed by atoms with E-state index in [2.05, 4.69) is 191 Å². The van der Waals surface area contributed by atoms with Crippen LogP contribution in [0.15, 0.2) is 182 Å². The minimum absolute atomic E-state index is 1.13. The Morgan fingerprint density at radius 2 is 1.00 bits per heavy atom. The number of fused-ring (bicyclic) bond motifs is 7. The van der Waals surface area contributed by atoms with Crippen LogP contribution in [0.1, 0.15) is 0 Å². The van der Waals surface area contributed by atoms with Crippen molar-refractivity contribution in [2.75, 3.05) is 4.90 Å². The lowest BCUT2D eigenvalue weighted by Crippen LogP contribution is -2.09. The second-order valence-corrected chi connectivity index (χ2v) is 13.6. The molecule has 0 aliphatic heterocycles. The predicted octanol–water partition coefficient (Wildman–Crippen LogP) is 13.4. The Kier molecular flexibility index (Phi) is 6.39. The third kappa shape index (κ3) is 4.47. The van der Waals surface area contributed by atoms with Crippen LogP contribution in [0.3, 0.4) is 0 Å². The van der Waals surface area contributed by atoms with Gasteiger partial charge in [-0.25, -0.2) is 0 Å². The molecule has 10 aromatic rings.